The summed E-state index contributed by atoms with van der Waals surface area (Å²) in [6.07, 6.45) is 6.16. The van der Waals surface area contributed by atoms with Gasteiger partial charge in [0, 0.05) is 5.92 Å². The minimum atomic E-state index is -0.490. The fourth-order valence-electron chi connectivity index (χ4n) is 3.18. The highest BCUT2D eigenvalue weighted by Gasteiger charge is 2.29. The largest absolute Gasteiger partial charge is 0.388 e. The lowest BCUT2D eigenvalue weighted by Gasteiger charge is -2.30. The Morgan fingerprint density at radius 2 is 1.77 bits per heavy atom. The van der Waals surface area contributed by atoms with Crippen molar-refractivity contribution < 1.29 is 5.11 Å². The highest BCUT2D eigenvalue weighted by Crippen LogP contribution is 2.42. The van der Waals surface area contributed by atoms with Crippen LogP contribution in [-0.4, -0.2) is 5.11 Å². The van der Waals surface area contributed by atoms with Crippen molar-refractivity contribution in [1.29, 1.82) is 0 Å². The van der Waals surface area contributed by atoms with Crippen LogP contribution in [0.4, 0.5) is 0 Å². The summed E-state index contributed by atoms with van der Waals surface area (Å²) in [5.41, 5.74) is 3.38. The predicted octanol–water partition coefficient (Wildman–Crippen LogP) is 5.52. The Bertz CT molecular complexity index is 759. The zero-order valence-electron chi connectivity index (χ0n) is 13.8. The van der Waals surface area contributed by atoms with E-state index in [9.17, 15) is 5.11 Å². The van der Waals surface area contributed by atoms with Gasteiger partial charge in [0.1, 0.15) is 0 Å². The van der Waals surface area contributed by atoms with Gasteiger partial charge in [0.25, 0.3) is 0 Å². The van der Waals surface area contributed by atoms with Gasteiger partial charge in [-0.15, -0.1) is 0 Å². The molecule has 0 amide bonds. The minimum absolute atomic E-state index is 0.194. The normalized spacial score (nSPS) is 19.5. The molecule has 1 N–H and O–H groups in total. The predicted molar refractivity (Wildman–Crippen MR) is 94.0 cm³/mol. The van der Waals surface area contributed by atoms with Crippen LogP contribution in [0.15, 0.2) is 60.2 Å². The summed E-state index contributed by atoms with van der Waals surface area (Å²) in [6, 6.07) is 12.7. The smallest absolute Gasteiger partial charge is 0.0847 e. The molecule has 2 aromatic rings. The second kappa shape index (κ2) is 5.40. The highest BCUT2D eigenvalue weighted by atomic mass is 16.3. The van der Waals surface area contributed by atoms with Gasteiger partial charge in [-0.05, 0) is 34.2 Å². The Labute approximate surface area is 133 Å². The molecule has 1 aliphatic rings. The summed E-state index contributed by atoms with van der Waals surface area (Å²) in [4.78, 5) is 0. The van der Waals surface area contributed by atoms with Gasteiger partial charge < -0.3 is 5.11 Å². The summed E-state index contributed by atoms with van der Waals surface area (Å²) < 4.78 is 0. The number of hydrogen-bond donors (Lipinski definition) is 1. The fourth-order valence-corrected chi connectivity index (χ4v) is 3.18. The molecule has 0 saturated carbocycles. The average molecular weight is 292 g/mol. The maximum Gasteiger partial charge on any atom is 0.0847 e. The first kappa shape index (κ1) is 15.1. The molecule has 2 unspecified atom stereocenters. The van der Waals surface area contributed by atoms with Crippen molar-refractivity contribution in [3.05, 3.63) is 71.3 Å². The van der Waals surface area contributed by atoms with Gasteiger partial charge in [-0.1, -0.05) is 81.0 Å². The Balaban J connectivity index is 2.26. The van der Waals surface area contributed by atoms with E-state index in [1.807, 2.05) is 0 Å². The summed E-state index contributed by atoms with van der Waals surface area (Å²) >= 11 is 0. The molecular weight excluding hydrogens is 268 g/mol. The molecule has 0 aromatic heterocycles. The molecule has 0 aliphatic heterocycles. The number of benzene rings is 2. The van der Waals surface area contributed by atoms with Crippen LogP contribution >= 0.6 is 0 Å². The van der Waals surface area contributed by atoms with Crippen molar-refractivity contribution >= 4 is 10.8 Å². The first-order chi connectivity index (χ1) is 10.4. The number of allylic oxidation sites excluding steroid dienone is 4. The maximum atomic E-state index is 11.0. The van der Waals surface area contributed by atoms with Gasteiger partial charge in [-0.3, -0.25) is 0 Å². The number of aliphatic hydroxyl groups excluding tert-OH is 1. The van der Waals surface area contributed by atoms with E-state index in [0.29, 0.717) is 0 Å². The lowest BCUT2D eigenvalue weighted by atomic mass is 9.78. The summed E-state index contributed by atoms with van der Waals surface area (Å²) in [5, 5.41) is 13.4. The molecule has 2 aromatic carbocycles. The molecule has 0 saturated heterocycles. The van der Waals surface area contributed by atoms with Crippen LogP contribution in [0.25, 0.3) is 10.8 Å². The molecule has 0 spiro atoms. The molecule has 2 atom stereocenters. The maximum absolute atomic E-state index is 11.0. The van der Waals surface area contributed by atoms with Crippen LogP contribution in [0.1, 0.15) is 50.8 Å². The highest BCUT2D eigenvalue weighted by molar-refractivity contribution is 5.87. The summed E-state index contributed by atoms with van der Waals surface area (Å²) in [7, 11) is 0. The van der Waals surface area contributed by atoms with E-state index in [2.05, 4.69) is 82.3 Å². The molecule has 0 heterocycles. The van der Waals surface area contributed by atoms with Crippen LogP contribution in [-0.2, 0) is 0 Å². The van der Waals surface area contributed by atoms with E-state index in [1.165, 1.54) is 16.5 Å². The quantitative estimate of drug-likeness (QED) is 0.772. The SMILES string of the molecule is CC1=CC(c2ccc3ccccc3c2C(O)C(C)(C)C)C=C1. The van der Waals surface area contributed by atoms with Crippen molar-refractivity contribution in [3.8, 4) is 0 Å². The lowest BCUT2D eigenvalue weighted by molar-refractivity contribution is 0.0631. The third-order valence-corrected chi connectivity index (χ3v) is 4.47. The number of aliphatic hydroxyl groups is 1. The minimum Gasteiger partial charge on any atom is -0.388 e. The molecule has 0 fully saturated rings. The first-order valence-electron chi connectivity index (χ1n) is 7.94. The summed E-state index contributed by atoms with van der Waals surface area (Å²) in [6.45, 7) is 8.40. The van der Waals surface area contributed by atoms with Gasteiger partial charge in [-0.25, -0.2) is 0 Å². The number of fused-ring (bicyclic) bond motifs is 1. The van der Waals surface area contributed by atoms with Crippen LogP contribution < -0.4 is 0 Å². The van der Waals surface area contributed by atoms with Gasteiger partial charge in [-0.2, -0.15) is 0 Å². The Morgan fingerprint density at radius 3 is 2.41 bits per heavy atom. The van der Waals surface area contributed by atoms with Crippen LogP contribution in [0.5, 0.6) is 0 Å². The van der Waals surface area contributed by atoms with Gasteiger partial charge in [0.15, 0.2) is 0 Å². The molecule has 3 rings (SSSR count). The molecule has 0 radical (unpaired) electrons. The third-order valence-electron chi connectivity index (χ3n) is 4.47. The standard InChI is InChI=1S/C21H24O/c1-14-9-10-16(13-14)18-12-11-15-7-5-6-8-17(15)19(18)20(22)21(2,3)4/h5-13,16,20,22H,1-4H3. The van der Waals surface area contributed by atoms with E-state index in [4.69, 9.17) is 0 Å². The zero-order chi connectivity index (χ0) is 15.9. The molecule has 1 aliphatic carbocycles. The molecular formula is C21H24O. The van der Waals surface area contributed by atoms with Gasteiger partial charge in [0.05, 0.1) is 6.10 Å². The summed E-state index contributed by atoms with van der Waals surface area (Å²) in [5.74, 6) is 0.261. The Kier molecular flexibility index (Phi) is 3.70. The first-order valence-corrected chi connectivity index (χ1v) is 7.94. The van der Waals surface area contributed by atoms with E-state index in [-0.39, 0.29) is 11.3 Å². The van der Waals surface area contributed by atoms with Crippen LogP contribution in [0, 0.1) is 5.41 Å². The second-order valence-electron chi connectivity index (χ2n) is 7.35. The molecule has 0 bridgehead atoms. The Hall–Kier alpha value is -1.86. The van der Waals surface area contributed by atoms with Crippen molar-refractivity contribution in [1.82, 2.24) is 0 Å². The monoisotopic (exact) mass is 292 g/mol. The number of hydrogen-bond acceptors (Lipinski definition) is 1. The Morgan fingerprint density at radius 1 is 1.05 bits per heavy atom. The average Bonchev–Trinajstić information content (AvgIpc) is 2.90. The topological polar surface area (TPSA) is 20.2 Å². The van der Waals surface area contributed by atoms with E-state index in [0.717, 1.165) is 10.9 Å². The van der Waals surface area contributed by atoms with Crippen LogP contribution in [0.3, 0.4) is 0 Å². The number of rotatable bonds is 2. The van der Waals surface area contributed by atoms with Crippen LogP contribution in [0.2, 0.25) is 0 Å². The van der Waals surface area contributed by atoms with Gasteiger partial charge >= 0.3 is 0 Å². The molecule has 22 heavy (non-hydrogen) atoms. The van der Waals surface area contributed by atoms with Gasteiger partial charge in [0.2, 0.25) is 0 Å². The van der Waals surface area contributed by atoms with Crippen molar-refractivity contribution in [2.24, 2.45) is 5.41 Å². The van der Waals surface area contributed by atoms with Crippen molar-refractivity contribution in [2.75, 3.05) is 0 Å². The van der Waals surface area contributed by atoms with Crippen molar-refractivity contribution in [3.63, 3.8) is 0 Å². The fraction of sp³-hybridized carbons (Fsp3) is 0.333. The molecule has 114 valence electrons. The van der Waals surface area contributed by atoms with E-state index >= 15 is 0 Å². The molecule has 1 nitrogen and oxygen atoms in total. The van der Waals surface area contributed by atoms with E-state index < -0.39 is 6.10 Å². The lowest BCUT2D eigenvalue weighted by Crippen LogP contribution is -2.20. The molecule has 1 heteroatoms. The third kappa shape index (κ3) is 2.62. The van der Waals surface area contributed by atoms with E-state index in [1.54, 1.807) is 0 Å². The van der Waals surface area contributed by atoms with Crippen molar-refractivity contribution in [2.45, 2.75) is 39.7 Å². The second-order valence-corrected chi connectivity index (χ2v) is 7.35. The zero-order valence-corrected chi connectivity index (χ0v) is 13.8.